The molecular formula is C101H96BrCl2N13O14S. The molecule has 0 saturated carbocycles. The number of hydrogen-bond donors (Lipinski definition) is 4. The molecule has 0 unspecified atom stereocenters. The van der Waals surface area contributed by atoms with E-state index >= 15 is 0 Å². The lowest BCUT2D eigenvalue weighted by atomic mass is 9.95. The first kappa shape index (κ1) is 90.7. The van der Waals surface area contributed by atoms with Gasteiger partial charge < -0.3 is 54.4 Å². The van der Waals surface area contributed by atoms with Gasteiger partial charge in [-0.2, -0.15) is 4.73 Å². The van der Waals surface area contributed by atoms with Gasteiger partial charge in [-0.25, -0.2) is 29.9 Å². The van der Waals surface area contributed by atoms with Crippen LogP contribution in [0.1, 0.15) is 107 Å². The topological polar surface area (TPSA) is 334 Å². The Morgan fingerprint density at radius 2 is 0.803 bits per heavy atom. The minimum absolute atomic E-state index is 0.131. The van der Waals surface area contributed by atoms with Gasteiger partial charge in [0.1, 0.15) is 10.2 Å². The zero-order valence-electron chi connectivity index (χ0n) is 72.7. The molecule has 0 bridgehead atoms. The van der Waals surface area contributed by atoms with Crippen LogP contribution in [-0.2, 0) is 49.4 Å². The number of piperazine rings is 1. The molecule has 5 saturated heterocycles. The summed E-state index contributed by atoms with van der Waals surface area (Å²) in [5.74, 6) is 0.133. The van der Waals surface area contributed by atoms with E-state index in [0.717, 1.165) is 134 Å². The summed E-state index contributed by atoms with van der Waals surface area (Å²) in [6, 6.07) is 54.3. The number of thioether (sulfide) groups is 1. The van der Waals surface area contributed by atoms with Crippen molar-refractivity contribution in [3.8, 4) is 0 Å². The summed E-state index contributed by atoms with van der Waals surface area (Å²) in [7, 11) is 0. The smallest absolute Gasteiger partial charge is 0.261 e. The highest BCUT2D eigenvalue weighted by molar-refractivity contribution is 9.10. The first-order valence-electron chi connectivity index (χ1n) is 44.1. The minimum Gasteiger partial charge on any atom is -0.619 e. The van der Waals surface area contributed by atoms with Gasteiger partial charge in [0.15, 0.2) is 11.9 Å². The van der Waals surface area contributed by atoms with Crippen LogP contribution in [0, 0.1) is 12.1 Å². The monoisotopic (exact) mass is 1900 g/mol. The number of aryl methyl sites for hydroxylation is 1. The molecule has 16 aromatic rings. The molecule has 5 aliphatic rings. The van der Waals surface area contributed by atoms with Gasteiger partial charge in [-0.1, -0.05) is 132 Å². The van der Waals surface area contributed by atoms with E-state index in [9.17, 15) is 49.6 Å². The standard InChI is InChI=1S/C30H32N4O4.C24H22BrN3O3S.C24H23N3O4.C23H19Cl2N3O3/c1-20(35)32-11-13-33(14-12-32)23-8-6-21(7-9-23)16-22-17-26-29(25-5-3-2-4-24(22)25)31-19-34(30(26)37)27-10-15-38-18-28(27)36;1-32-23-19(25)9-14(11-26-23)8-15-10-18-22(17-5-3-2-4-16(15)17)27-13-28(24(18)30)20-6-7-31-12-21(20)29;1-15-10-16(6-8-27(15)30)11-17-12-20-23(19-5-3-2-4-18(17)19)25-14-26(24(20)29)21-7-9-31-13-22(21)28;24-18-10-26-21(25)9-14(18)7-13-8-17-22(16-4-2-1-3-15(13)16)27-12-28(23(17)30)19-5-6-31-11-20(19)29/h2-9,17,19,27-28,36H,10-16,18H2,1H3;2-5,9-11,13,20-21,29H,6-8,12H2,1H3;2-6,8,10,12,14,21-22,28H,7,9,11,13H2,1H3;1-4,8-10,12,19-20,29H,5-7,11H2/t27-,28-;20-,21-;21-,22-;19-,20-/m0000/s1. The van der Waals surface area contributed by atoms with Gasteiger partial charge >= 0.3 is 0 Å². The van der Waals surface area contributed by atoms with Crippen molar-refractivity contribution in [1.29, 1.82) is 0 Å². The molecule has 1 amide bonds. The van der Waals surface area contributed by atoms with Crippen LogP contribution in [-0.4, -0.2) is 189 Å². The Balaban J connectivity index is 0.000000118. The van der Waals surface area contributed by atoms with E-state index in [2.05, 4.69) is 93.2 Å². The average molecular weight is 1900 g/mol. The van der Waals surface area contributed by atoms with Crippen molar-refractivity contribution < 1.29 is 48.9 Å². The number of fused-ring (bicyclic) bond motifs is 12. The molecular weight excluding hydrogens is 1800 g/mol. The summed E-state index contributed by atoms with van der Waals surface area (Å²) in [6.45, 7) is 9.45. The summed E-state index contributed by atoms with van der Waals surface area (Å²) < 4.78 is 29.3. The van der Waals surface area contributed by atoms with Crippen molar-refractivity contribution in [3.05, 3.63) is 325 Å². The highest BCUT2D eigenvalue weighted by Gasteiger charge is 2.33. The van der Waals surface area contributed by atoms with Crippen LogP contribution < -0.4 is 31.9 Å². The van der Waals surface area contributed by atoms with Gasteiger partial charge in [0.2, 0.25) is 5.91 Å². The second-order valence-corrected chi connectivity index (χ2v) is 36.5. The maximum absolute atomic E-state index is 13.6. The zero-order chi connectivity index (χ0) is 91.5. The van der Waals surface area contributed by atoms with Crippen molar-refractivity contribution >= 4 is 149 Å². The SMILES string of the molecule is CC(=O)N1CCN(c2ccc(Cc3cc4c(=O)n([C@H]5CCOC[C@@H]5O)cnc4c4ccccc34)cc2)CC1.CSc1ncc(Cc2cc3c(=O)n([C@H]4CCOC[C@@H]4O)cnc3c3ccccc23)cc1Br.Cc1cc(Cc2cc3c(=O)n([C@H]4CCOC[C@@H]4O)cnc3c3ccccc23)cc[n+]1[O-].O=c1c2cc(Cc3cc(Cl)ncc3Cl)c3ccccc3c2ncn1[C@H]1CCOC[C@@H]1O. The molecule has 132 heavy (non-hydrogen) atoms. The van der Waals surface area contributed by atoms with Crippen molar-refractivity contribution in [2.45, 2.75) is 119 Å². The van der Waals surface area contributed by atoms with Gasteiger partial charge in [0.25, 0.3) is 22.2 Å². The molecule has 7 aromatic heterocycles. The lowest BCUT2D eigenvalue weighted by molar-refractivity contribution is -0.612. The Morgan fingerprint density at radius 3 is 1.16 bits per heavy atom. The van der Waals surface area contributed by atoms with Gasteiger partial charge in [0, 0.05) is 118 Å². The van der Waals surface area contributed by atoms with Crippen LogP contribution in [0.3, 0.4) is 0 Å². The molecule has 27 nitrogen and oxygen atoms in total. The van der Waals surface area contributed by atoms with E-state index in [-0.39, 0.29) is 78.7 Å². The van der Waals surface area contributed by atoms with E-state index in [1.54, 1.807) is 70.4 Å². The van der Waals surface area contributed by atoms with Crippen LogP contribution in [0.5, 0.6) is 0 Å². The fourth-order valence-electron chi connectivity index (χ4n) is 18.9. The summed E-state index contributed by atoms with van der Waals surface area (Å²) in [6.07, 6.45) is 14.9. The van der Waals surface area contributed by atoms with Gasteiger partial charge in [-0.15, -0.1) is 11.8 Å². The predicted octanol–water partition coefficient (Wildman–Crippen LogP) is 14.0. The Labute approximate surface area is 780 Å². The largest absolute Gasteiger partial charge is 0.619 e. The average Bonchev–Trinajstić information content (AvgIpc) is 0.762. The first-order chi connectivity index (χ1) is 64.1. The number of rotatable bonds is 14. The highest BCUT2D eigenvalue weighted by atomic mass is 79.9. The quantitative estimate of drug-likeness (QED) is 0.0258. The van der Waals surface area contributed by atoms with Gasteiger partial charge in [-0.05, 0) is 188 Å². The lowest BCUT2D eigenvalue weighted by Gasteiger charge is -2.35. The number of carbonyl (C=O) groups excluding carboxylic acids is 1. The second kappa shape index (κ2) is 39.9. The van der Waals surface area contributed by atoms with Crippen LogP contribution in [0.25, 0.3) is 86.7 Å². The van der Waals surface area contributed by atoms with E-state index in [1.807, 2.05) is 133 Å². The third kappa shape index (κ3) is 18.9. The lowest BCUT2D eigenvalue weighted by Crippen LogP contribution is -2.48. The number of benzene rings is 9. The number of nitrogens with zero attached hydrogens (tertiary/aromatic N) is 13. The Morgan fingerprint density at radius 1 is 0.439 bits per heavy atom. The van der Waals surface area contributed by atoms with Crippen LogP contribution in [0.2, 0.25) is 10.2 Å². The number of aliphatic hydroxyl groups excluding tert-OH is 4. The third-order valence-electron chi connectivity index (χ3n) is 25.8. The molecule has 12 heterocycles. The van der Waals surface area contributed by atoms with Crippen molar-refractivity contribution in [2.24, 2.45) is 0 Å². The van der Waals surface area contributed by atoms with E-state index in [0.29, 0.717) is 137 Å². The molecule has 4 N–H and O–H groups in total. The minimum atomic E-state index is -0.747. The summed E-state index contributed by atoms with van der Waals surface area (Å²) in [5.41, 5.74) is 11.9. The maximum atomic E-state index is 13.6. The molecule has 676 valence electrons. The normalized spacial score (nSPS) is 19.4. The fourth-order valence-corrected chi connectivity index (χ4v) is 20.6. The predicted molar refractivity (Wildman–Crippen MR) is 516 cm³/mol. The Kier molecular flexibility index (Phi) is 27.4. The van der Waals surface area contributed by atoms with E-state index < -0.39 is 24.4 Å². The Bertz CT molecular complexity index is 7350. The number of halogens is 3. The van der Waals surface area contributed by atoms with Crippen LogP contribution in [0.15, 0.2) is 242 Å². The number of hydrogen-bond acceptors (Lipinski definition) is 22. The van der Waals surface area contributed by atoms with Gasteiger partial charge in [0.05, 0.1) is 153 Å². The molecule has 31 heteroatoms. The van der Waals surface area contributed by atoms with Gasteiger partial charge in [-0.3, -0.25) is 42.2 Å². The maximum Gasteiger partial charge on any atom is 0.261 e. The number of carbonyl (C=O) groups is 1. The molecule has 9 aromatic carbocycles. The molecule has 5 aliphatic heterocycles. The van der Waals surface area contributed by atoms with Crippen LogP contribution in [0.4, 0.5) is 5.69 Å². The van der Waals surface area contributed by atoms with Crippen LogP contribution >= 0.6 is 50.9 Å². The summed E-state index contributed by atoms with van der Waals surface area (Å²) in [5, 5.41) is 65.1. The van der Waals surface area contributed by atoms with E-state index in [1.165, 1.54) is 23.3 Å². The number of aromatic nitrogens is 11. The molecule has 8 atom stereocenters. The molecule has 0 aliphatic carbocycles. The summed E-state index contributed by atoms with van der Waals surface area (Å²) in [4.78, 5) is 97.0. The number of pyridine rings is 3. The van der Waals surface area contributed by atoms with E-state index in [4.69, 9.17) is 42.1 Å². The number of amides is 1. The molecule has 21 rings (SSSR count). The third-order valence-corrected chi connectivity index (χ3v) is 27.9. The summed E-state index contributed by atoms with van der Waals surface area (Å²) >= 11 is 17.6. The van der Waals surface area contributed by atoms with Crippen molar-refractivity contribution in [3.63, 3.8) is 0 Å². The fraction of sp³-hybridized carbons (Fsp3) is 0.307. The second-order valence-electron chi connectivity index (χ2n) is 34.0. The zero-order valence-corrected chi connectivity index (χ0v) is 76.6. The van der Waals surface area contributed by atoms with Crippen molar-refractivity contribution in [2.75, 3.05) is 90.2 Å². The number of aliphatic hydroxyl groups is 4. The Hall–Kier alpha value is -11.8. The van der Waals surface area contributed by atoms with Crippen molar-refractivity contribution in [1.82, 2.24) is 53.1 Å². The highest BCUT2D eigenvalue weighted by Crippen LogP contribution is 2.37. The molecule has 5 fully saturated rings. The number of ether oxygens (including phenoxy) is 4. The molecule has 0 spiro atoms. The number of anilines is 1. The first-order valence-corrected chi connectivity index (χ1v) is 46.8. The molecule has 0 radical (unpaired) electrons.